The zero-order valence-corrected chi connectivity index (χ0v) is 13.5. The number of aryl methyl sites for hydroxylation is 1. The monoisotopic (exact) mass is 302 g/mol. The van der Waals surface area contributed by atoms with E-state index in [1.165, 1.54) is 11.1 Å². The Balaban J connectivity index is 1.60. The molecule has 120 valence electrons. The van der Waals surface area contributed by atoms with E-state index in [-0.39, 0.29) is 5.91 Å². The van der Waals surface area contributed by atoms with E-state index in [0.29, 0.717) is 12.5 Å². The van der Waals surface area contributed by atoms with Gasteiger partial charge < -0.3 is 16.0 Å². The molecule has 1 saturated carbocycles. The van der Waals surface area contributed by atoms with Crippen molar-refractivity contribution >= 4 is 11.9 Å². The minimum atomic E-state index is 0.159. The normalized spacial score (nSPS) is 14.5. The number of nitrogens with zero attached hydrogens (tertiary/aromatic N) is 1. The standard InChI is InChI=1S/C17H26N4O/c1-13-5-7-14(8-6-13)12-20-17(18-2)19-11-3-4-16(22)21-15-9-10-15/h5-8,15H,3-4,9-12H2,1-2H3,(H,21,22)(H2,18,19,20). The molecule has 1 fully saturated rings. The van der Waals surface area contributed by atoms with Crippen molar-refractivity contribution in [2.75, 3.05) is 13.6 Å². The predicted molar refractivity (Wildman–Crippen MR) is 89.8 cm³/mol. The first-order valence-corrected chi connectivity index (χ1v) is 7.97. The van der Waals surface area contributed by atoms with Crippen LogP contribution in [-0.4, -0.2) is 31.5 Å². The number of rotatable bonds is 7. The van der Waals surface area contributed by atoms with Crippen molar-refractivity contribution in [1.29, 1.82) is 0 Å². The minimum absolute atomic E-state index is 0.159. The molecule has 0 atom stereocenters. The number of aliphatic imine (C=N–C) groups is 1. The van der Waals surface area contributed by atoms with Gasteiger partial charge in [0.25, 0.3) is 0 Å². The summed E-state index contributed by atoms with van der Waals surface area (Å²) in [5.41, 5.74) is 2.48. The van der Waals surface area contributed by atoms with Crippen LogP contribution in [0.2, 0.25) is 0 Å². The van der Waals surface area contributed by atoms with Crippen LogP contribution >= 0.6 is 0 Å². The third-order valence-electron chi connectivity index (χ3n) is 3.62. The van der Waals surface area contributed by atoms with Crippen LogP contribution in [0.5, 0.6) is 0 Å². The third-order valence-corrected chi connectivity index (χ3v) is 3.62. The Morgan fingerprint density at radius 1 is 1.23 bits per heavy atom. The summed E-state index contributed by atoms with van der Waals surface area (Å²) in [6.45, 7) is 3.56. The van der Waals surface area contributed by atoms with Crippen LogP contribution in [0.1, 0.15) is 36.8 Å². The smallest absolute Gasteiger partial charge is 0.220 e. The molecule has 0 saturated heterocycles. The maximum absolute atomic E-state index is 11.6. The Kier molecular flexibility index (Phi) is 6.25. The Morgan fingerprint density at radius 2 is 1.95 bits per heavy atom. The topological polar surface area (TPSA) is 65.5 Å². The van der Waals surface area contributed by atoms with Gasteiger partial charge in [0.1, 0.15) is 0 Å². The molecule has 5 heteroatoms. The molecule has 1 aromatic rings. The second-order valence-electron chi connectivity index (χ2n) is 5.78. The van der Waals surface area contributed by atoms with Crippen LogP contribution in [0.3, 0.4) is 0 Å². The maximum Gasteiger partial charge on any atom is 0.220 e. The molecule has 0 spiro atoms. The number of hydrogen-bond donors (Lipinski definition) is 3. The molecule has 3 N–H and O–H groups in total. The molecule has 2 rings (SSSR count). The van der Waals surface area contributed by atoms with Crippen molar-refractivity contribution in [2.45, 2.75) is 45.2 Å². The molecule has 0 unspecified atom stereocenters. The van der Waals surface area contributed by atoms with Crippen LogP contribution in [0.4, 0.5) is 0 Å². The number of guanidine groups is 1. The van der Waals surface area contributed by atoms with Crippen LogP contribution in [0.25, 0.3) is 0 Å². The summed E-state index contributed by atoms with van der Waals surface area (Å²) < 4.78 is 0. The van der Waals surface area contributed by atoms with Gasteiger partial charge in [0.15, 0.2) is 5.96 Å². The quantitative estimate of drug-likeness (QED) is 0.408. The van der Waals surface area contributed by atoms with Gasteiger partial charge in [-0.3, -0.25) is 9.79 Å². The summed E-state index contributed by atoms with van der Waals surface area (Å²) in [6.07, 6.45) is 3.65. The van der Waals surface area contributed by atoms with Gasteiger partial charge >= 0.3 is 0 Å². The van der Waals surface area contributed by atoms with E-state index in [0.717, 1.165) is 38.3 Å². The molecule has 1 aliphatic rings. The van der Waals surface area contributed by atoms with E-state index < -0.39 is 0 Å². The second-order valence-corrected chi connectivity index (χ2v) is 5.78. The molecule has 22 heavy (non-hydrogen) atoms. The van der Waals surface area contributed by atoms with Gasteiger partial charge in [-0.1, -0.05) is 29.8 Å². The SMILES string of the molecule is CN=C(NCCCC(=O)NC1CC1)NCc1ccc(C)cc1. The summed E-state index contributed by atoms with van der Waals surface area (Å²) in [5.74, 6) is 0.926. The first-order valence-electron chi connectivity index (χ1n) is 7.97. The molecule has 1 aliphatic carbocycles. The first kappa shape index (κ1) is 16.3. The zero-order valence-electron chi connectivity index (χ0n) is 13.5. The van der Waals surface area contributed by atoms with E-state index in [1.807, 2.05) is 0 Å². The lowest BCUT2D eigenvalue weighted by molar-refractivity contribution is -0.121. The van der Waals surface area contributed by atoms with Gasteiger partial charge in [0.2, 0.25) is 5.91 Å². The van der Waals surface area contributed by atoms with Gasteiger partial charge in [-0.05, 0) is 31.7 Å². The van der Waals surface area contributed by atoms with Gasteiger partial charge in [-0.15, -0.1) is 0 Å². The molecule has 1 amide bonds. The maximum atomic E-state index is 11.6. The summed E-state index contributed by atoms with van der Waals surface area (Å²) >= 11 is 0. The average Bonchev–Trinajstić information content (AvgIpc) is 3.32. The summed E-state index contributed by atoms with van der Waals surface area (Å²) in [6, 6.07) is 8.87. The van der Waals surface area contributed by atoms with Gasteiger partial charge in [-0.2, -0.15) is 0 Å². The van der Waals surface area contributed by atoms with E-state index in [9.17, 15) is 4.79 Å². The van der Waals surface area contributed by atoms with Crippen molar-refractivity contribution in [2.24, 2.45) is 4.99 Å². The number of hydrogen-bond acceptors (Lipinski definition) is 2. The Bertz CT molecular complexity index is 506. The van der Waals surface area contributed by atoms with Crippen molar-refractivity contribution in [3.8, 4) is 0 Å². The zero-order chi connectivity index (χ0) is 15.8. The van der Waals surface area contributed by atoms with E-state index in [4.69, 9.17) is 0 Å². The largest absolute Gasteiger partial charge is 0.356 e. The highest BCUT2D eigenvalue weighted by molar-refractivity contribution is 5.80. The number of carbonyl (C=O) groups is 1. The van der Waals surface area contributed by atoms with Crippen molar-refractivity contribution in [1.82, 2.24) is 16.0 Å². The molecule has 0 heterocycles. The summed E-state index contributed by atoms with van der Waals surface area (Å²) in [5, 5.41) is 9.50. The van der Waals surface area contributed by atoms with Crippen LogP contribution in [0, 0.1) is 6.92 Å². The third kappa shape index (κ3) is 6.16. The number of nitrogens with one attached hydrogen (secondary N) is 3. The lowest BCUT2D eigenvalue weighted by atomic mass is 10.1. The van der Waals surface area contributed by atoms with E-state index in [2.05, 4.69) is 52.1 Å². The Hall–Kier alpha value is -2.04. The van der Waals surface area contributed by atoms with Crippen LogP contribution in [-0.2, 0) is 11.3 Å². The van der Waals surface area contributed by atoms with Gasteiger partial charge in [0.05, 0.1) is 0 Å². The summed E-state index contributed by atoms with van der Waals surface area (Å²) in [7, 11) is 1.75. The predicted octanol–water partition coefficient (Wildman–Crippen LogP) is 1.72. The Labute approximate surface area is 132 Å². The fourth-order valence-corrected chi connectivity index (χ4v) is 2.10. The average molecular weight is 302 g/mol. The number of amides is 1. The molecule has 1 aromatic carbocycles. The highest BCUT2D eigenvalue weighted by Gasteiger charge is 2.22. The van der Waals surface area contributed by atoms with E-state index >= 15 is 0 Å². The highest BCUT2D eigenvalue weighted by Crippen LogP contribution is 2.18. The molecule has 0 radical (unpaired) electrons. The van der Waals surface area contributed by atoms with Crippen LogP contribution < -0.4 is 16.0 Å². The molecular weight excluding hydrogens is 276 g/mol. The van der Waals surface area contributed by atoms with Gasteiger partial charge in [-0.25, -0.2) is 0 Å². The van der Waals surface area contributed by atoms with Crippen molar-refractivity contribution in [3.05, 3.63) is 35.4 Å². The molecule has 0 aromatic heterocycles. The minimum Gasteiger partial charge on any atom is -0.356 e. The fourth-order valence-electron chi connectivity index (χ4n) is 2.10. The molecule has 5 nitrogen and oxygen atoms in total. The summed E-state index contributed by atoms with van der Waals surface area (Å²) in [4.78, 5) is 15.8. The highest BCUT2D eigenvalue weighted by atomic mass is 16.1. The van der Waals surface area contributed by atoms with Crippen molar-refractivity contribution < 1.29 is 4.79 Å². The number of carbonyl (C=O) groups excluding carboxylic acids is 1. The fraction of sp³-hybridized carbons (Fsp3) is 0.529. The molecule has 0 aliphatic heterocycles. The second kappa shape index (κ2) is 8.41. The number of benzene rings is 1. The van der Waals surface area contributed by atoms with E-state index in [1.54, 1.807) is 7.05 Å². The molecular formula is C17H26N4O. The first-order chi connectivity index (χ1) is 10.7. The Morgan fingerprint density at radius 3 is 2.59 bits per heavy atom. The molecule has 0 bridgehead atoms. The van der Waals surface area contributed by atoms with Crippen LogP contribution in [0.15, 0.2) is 29.3 Å². The lowest BCUT2D eigenvalue weighted by Crippen LogP contribution is -2.37. The lowest BCUT2D eigenvalue weighted by Gasteiger charge is -2.12. The van der Waals surface area contributed by atoms with Gasteiger partial charge in [0, 0.05) is 32.6 Å². The van der Waals surface area contributed by atoms with Crippen molar-refractivity contribution in [3.63, 3.8) is 0 Å².